The molecule has 0 spiro atoms. The predicted octanol–water partition coefficient (Wildman–Crippen LogP) is 1.99. The quantitative estimate of drug-likeness (QED) is 0.415. The molecule has 9 heteroatoms. The van der Waals surface area contributed by atoms with Crippen LogP contribution < -0.4 is 0 Å². The zero-order valence-electron chi connectivity index (χ0n) is 13.8. The lowest BCUT2D eigenvalue weighted by Crippen LogP contribution is -2.44. The van der Waals surface area contributed by atoms with E-state index in [1.807, 2.05) is 0 Å². The Morgan fingerprint density at radius 2 is 0.920 bits per heavy atom. The van der Waals surface area contributed by atoms with Crippen molar-refractivity contribution < 1.29 is 44.2 Å². The van der Waals surface area contributed by atoms with Crippen LogP contribution in [0.1, 0.15) is 64.2 Å². The highest BCUT2D eigenvalue weighted by Gasteiger charge is 2.51. The lowest BCUT2D eigenvalue weighted by Gasteiger charge is -2.30. The molecule has 2 fully saturated rings. The van der Waals surface area contributed by atoms with E-state index in [-0.39, 0.29) is 25.7 Å². The van der Waals surface area contributed by atoms with Gasteiger partial charge in [-0.15, -0.1) is 0 Å². The molecule has 0 aliphatic heterocycles. The van der Waals surface area contributed by atoms with E-state index in [0.29, 0.717) is 25.7 Å². The Labute approximate surface area is 144 Å². The van der Waals surface area contributed by atoms with Gasteiger partial charge in [-0.05, 0) is 25.7 Å². The second-order valence-electron chi connectivity index (χ2n) is 6.71. The standard InChI is InChI=1S/C16H22O9/c17-11(18)15(7-3-1-4-8-15)13(21)23-25-24-14(22)16(12(19)20)9-5-2-6-10-16/h1-10H2,(H,17,18)(H,19,20). The van der Waals surface area contributed by atoms with Crippen molar-refractivity contribution in [3.05, 3.63) is 0 Å². The second kappa shape index (κ2) is 7.81. The molecular weight excluding hydrogens is 336 g/mol. The first-order valence-corrected chi connectivity index (χ1v) is 8.42. The van der Waals surface area contributed by atoms with Crippen LogP contribution in [0.5, 0.6) is 0 Å². The molecule has 0 aromatic heterocycles. The molecular formula is C16H22O9. The average Bonchev–Trinajstić information content (AvgIpc) is 2.62. The Bertz CT molecular complexity index is 494. The average molecular weight is 358 g/mol. The van der Waals surface area contributed by atoms with Gasteiger partial charge in [0.1, 0.15) is 0 Å². The maximum atomic E-state index is 12.1. The number of carboxylic acid groups (broad SMARTS) is 2. The molecule has 0 bridgehead atoms. The Morgan fingerprint density at radius 1 is 0.600 bits per heavy atom. The maximum Gasteiger partial charge on any atom is 0.363 e. The third kappa shape index (κ3) is 3.76. The van der Waals surface area contributed by atoms with Crippen molar-refractivity contribution in [3.63, 3.8) is 0 Å². The molecule has 0 heterocycles. The first kappa shape index (κ1) is 19.2. The summed E-state index contributed by atoms with van der Waals surface area (Å²) in [5.74, 6) is -4.94. The van der Waals surface area contributed by atoms with Crippen molar-refractivity contribution in [2.75, 3.05) is 0 Å². The van der Waals surface area contributed by atoms with Crippen LogP contribution in [-0.2, 0) is 34.0 Å². The van der Waals surface area contributed by atoms with Gasteiger partial charge in [-0.3, -0.25) is 19.4 Å². The highest BCUT2D eigenvalue weighted by atomic mass is 17.5. The van der Waals surface area contributed by atoms with Gasteiger partial charge < -0.3 is 10.2 Å². The molecule has 25 heavy (non-hydrogen) atoms. The molecule has 0 radical (unpaired) electrons. The number of carboxylic acids is 2. The van der Waals surface area contributed by atoms with Gasteiger partial charge in [-0.25, -0.2) is 9.59 Å². The van der Waals surface area contributed by atoms with Crippen LogP contribution in [0.2, 0.25) is 0 Å². The summed E-state index contributed by atoms with van der Waals surface area (Å²) in [4.78, 5) is 55.9. The molecule has 2 N–H and O–H groups in total. The number of aliphatic carboxylic acids is 2. The van der Waals surface area contributed by atoms with Crippen molar-refractivity contribution in [2.24, 2.45) is 10.8 Å². The summed E-state index contributed by atoms with van der Waals surface area (Å²) in [5.41, 5.74) is -3.44. The number of carbonyl (C=O) groups excluding carboxylic acids is 2. The highest BCUT2D eigenvalue weighted by molar-refractivity contribution is 5.99. The van der Waals surface area contributed by atoms with Gasteiger partial charge in [0.15, 0.2) is 10.8 Å². The minimum atomic E-state index is -1.72. The van der Waals surface area contributed by atoms with Crippen LogP contribution in [0.4, 0.5) is 0 Å². The first-order chi connectivity index (χ1) is 11.8. The summed E-state index contributed by atoms with van der Waals surface area (Å²) in [6.07, 6.45) is 4.31. The Kier molecular flexibility index (Phi) is 5.99. The molecule has 2 aliphatic rings. The summed E-state index contributed by atoms with van der Waals surface area (Å²) in [6.45, 7) is 0. The summed E-state index contributed by atoms with van der Waals surface area (Å²) in [5, 5.41) is 22.9. The normalized spacial score (nSPS) is 21.8. The summed E-state index contributed by atoms with van der Waals surface area (Å²) >= 11 is 0. The Balaban J connectivity index is 1.94. The van der Waals surface area contributed by atoms with Crippen molar-refractivity contribution in [1.29, 1.82) is 0 Å². The van der Waals surface area contributed by atoms with E-state index in [0.717, 1.165) is 12.8 Å². The molecule has 9 nitrogen and oxygen atoms in total. The van der Waals surface area contributed by atoms with Gasteiger partial charge >= 0.3 is 23.9 Å². The van der Waals surface area contributed by atoms with E-state index in [2.05, 4.69) is 14.8 Å². The van der Waals surface area contributed by atoms with Crippen molar-refractivity contribution in [3.8, 4) is 0 Å². The number of hydrogen-bond acceptors (Lipinski definition) is 7. The molecule has 0 aromatic carbocycles. The van der Waals surface area contributed by atoms with E-state index in [4.69, 9.17) is 0 Å². The van der Waals surface area contributed by atoms with Crippen molar-refractivity contribution >= 4 is 23.9 Å². The largest absolute Gasteiger partial charge is 0.480 e. The highest BCUT2D eigenvalue weighted by Crippen LogP contribution is 2.39. The zero-order valence-corrected chi connectivity index (χ0v) is 13.8. The number of hydrogen-bond donors (Lipinski definition) is 2. The van der Waals surface area contributed by atoms with Crippen molar-refractivity contribution in [2.45, 2.75) is 64.2 Å². The molecule has 0 atom stereocenters. The monoisotopic (exact) mass is 358 g/mol. The fourth-order valence-corrected chi connectivity index (χ4v) is 3.56. The smallest absolute Gasteiger partial charge is 0.363 e. The molecule has 140 valence electrons. The molecule has 0 unspecified atom stereocenters. The zero-order chi connectivity index (χ0) is 18.5. The van der Waals surface area contributed by atoms with Crippen LogP contribution in [0.3, 0.4) is 0 Å². The van der Waals surface area contributed by atoms with Gasteiger partial charge in [-0.1, -0.05) is 38.5 Å². The van der Waals surface area contributed by atoms with Crippen LogP contribution in [0.25, 0.3) is 0 Å². The number of carbonyl (C=O) groups is 4. The molecule has 2 aliphatic carbocycles. The molecule has 2 rings (SSSR count). The lowest BCUT2D eigenvalue weighted by atomic mass is 9.74. The minimum absolute atomic E-state index is 0.109. The Morgan fingerprint density at radius 3 is 1.20 bits per heavy atom. The summed E-state index contributed by atoms with van der Waals surface area (Å²) in [6, 6.07) is 0. The van der Waals surface area contributed by atoms with Crippen molar-refractivity contribution in [1.82, 2.24) is 0 Å². The summed E-state index contributed by atoms with van der Waals surface area (Å²) in [7, 11) is 0. The van der Waals surface area contributed by atoms with Crippen LogP contribution >= 0.6 is 0 Å². The topological polar surface area (TPSA) is 136 Å². The molecule has 2 saturated carbocycles. The van der Waals surface area contributed by atoms with E-state index in [1.54, 1.807) is 0 Å². The molecule has 0 aromatic rings. The third-order valence-electron chi connectivity index (χ3n) is 5.23. The van der Waals surface area contributed by atoms with Crippen LogP contribution in [-0.4, -0.2) is 34.1 Å². The van der Waals surface area contributed by atoms with Gasteiger partial charge in [0, 0.05) is 5.04 Å². The van der Waals surface area contributed by atoms with E-state index in [9.17, 15) is 29.4 Å². The van der Waals surface area contributed by atoms with Gasteiger partial charge in [0.05, 0.1) is 0 Å². The molecule has 0 saturated heterocycles. The SMILES string of the molecule is O=C(O)C1(C(=O)OOOC(=O)C2(C(=O)O)CCCCC2)CCCCC1. The molecule has 0 amide bonds. The van der Waals surface area contributed by atoms with Crippen LogP contribution in [0, 0.1) is 10.8 Å². The predicted molar refractivity (Wildman–Crippen MR) is 79.6 cm³/mol. The fourth-order valence-electron chi connectivity index (χ4n) is 3.56. The van der Waals surface area contributed by atoms with E-state index < -0.39 is 34.7 Å². The van der Waals surface area contributed by atoms with Gasteiger partial charge in [0.2, 0.25) is 0 Å². The van der Waals surface area contributed by atoms with E-state index >= 15 is 0 Å². The third-order valence-corrected chi connectivity index (χ3v) is 5.23. The summed E-state index contributed by atoms with van der Waals surface area (Å²) < 4.78 is 0. The fraction of sp³-hybridized carbons (Fsp3) is 0.750. The van der Waals surface area contributed by atoms with E-state index in [1.165, 1.54) is 0 Å². The maximum absolute atomic E-state index is 12.1. The van der Waals surface area contributed by atoms with Gasteiger partial charge in [-0.2, -0.15) is 0 Å². The van der Waals surface area contributed by atoms with Gasteiger partial charge in [0.25, 0.3) is 0 Å². The second-order valence-corrected chi connectivity index (χ2v) is 6.71. The Hall–Kier alpha value is -2.16. The van der Waals surface area contributed by atoms with Crippen LogP contribution in [0.15, 0.2) is 0 Å². The minimum Gasteiger partial charge on any atom is -0.480 e. The number of rotatable bonds is 6. The lowest BCUT2D eigenvalue weighted by molar-refractivity contribution is -0.464. The first-order valence-electron chi connectivity index (χ1n) is 8.42.